The summed E-state index contributed by atoms with van der Waals surface area (Å²) in [7, 11) is 0. The molecule has 82 valence electrons. The maximum Gasteiger partial charge on any atom is 0.239 e. The number of nitrogens with zero attached hydrogens (tertiary/aromatic N) is 2. The number of hydrogen-bond donors (Lipinski definition) is 3. The Hall–Kier alpha value is -1.85. The van der Waals surface area contributed by atoms with Crippen molar-refractivity contribution in [3.63, 3.8) is 0 Å². The van der Waals surface area contributed by atoms with Crippen LogP contribution in [0.4, 0.5) is 17.5 Å². The zero-order chi connectivity index (χ0) is 11.4. The van der Waals surface area contributed by atoms with Gasteiger partial charge in [-0.3, -0.25) is 5.43 Å². The van der Waals surface area contributed by atoms with Crippen molar-refractivity contribution in [1.82, 2.24) is 9.97 Å². The minimum atomic E-state index is 0.308. The van der Waals surface area contributed by atoms with E-state index in [1.807, 2.05) is 30.3 Å². The van der Waals surface area contributed by atoms with Gasteiger partial charge < -0.3 is 5.32 Å². The molecule has 0 amide bonds. The van der Waals surface area contributed by atoms with E-state index >= 15 is 0 Å². The third kappa shape index (κ3) is 2.39. The number of aromatic nitrogens is 2. The zero-order valence-electron chi connectivity index (χ0n) is 8.31. The molecule has 0 saturated carbocycles. The molecule has 2 rings (SSSR count). The maximum atomic E-state index is 5.95. The van der Waals surface area contributed by atoms with E-state index < -0.39 is 0 Å². The fraction of sp³-hybridized carbons (Fsp3) is 0. The minimum absolute atomic E-state index is 0.308. The molecule has 1 aromatic heterocycles. The summed E-state index contributed by atoms with van der Waals surface area (Å²) in [4.78, 5) is 7.98. The summed E-state index contributed by atoms with van der Waals surface area (Å²) in [6, 6.07) is 9.58. The number of nitrogens with two attached hydrogens (primary N) is 1. The molecule has 0 fully saturated rings. The van der Waals surface area contributed by atoms with Crippen LogP contribution >= 0.6 is 11.6 Å². The largest absolute Gasteiger partial charge is 0.339 e. The highest BCUT2D eigenvalue weighted by molar-refractivity contribution is 6.32. The highest BCUT2D eigenvalue weighted by Gasteiger charge is 2.04. The number of hydrazine groups is 1. The van der Waals surface area contributed by atoms with Gasteiger partial charge in [0.1, 0.15) is 5.02 Å². The van der Waals surface area contributed by atoms with Gasteiger partial charge in [0.05, 0.1) is 6.20 Å². The van der Waals surface area contributed by atoms with Crippen molar-refractivity contribution in [1.29, 1.82) is 0 Å². The number of hydrogen-bond acceptors (Lipinski definition) is 5. The van der Waals surface area contributed by atoms with Crippen LogP contribution in [-0.2, 0) is 0 Å². The van der Waals surface area contributed by atoms with Crippen molar-refractivity contribution < 1.29 is 0 Å². The van der Waals surface area contributed by atoms with Crippen molar-refractivity contribution in [3.8, 4) is 0 Å². The Bertz CT molecular complexity index is 474. The van der Waals surface area contributed by atoms with Gasteiger partial charge in [-0.05, 0) is 12.1 Å². The Balaban J connectivity index is 2.27. The highest BCUT2D eigenvalue weighted by atomic mass is 35.5. The fourth-order valence-corrected chi connectivity index (χ4v) is 1.32. The van der Waals surface area contributed by atoms with Crippen LogP contribution in [0.15, 0.2) is 36.5 Å². The van der Waals surface area contributed by atoms with Gasteiger partial charge in [-0.25, -0.2) is 10.8 Å². The lowest BCUT2D eigenvalue weighted by atomic mass is 10.3. The summed E-state index contributed by atoms with van der Waals surface area (Å²) < 4.78 is 0. The quantitative estimate of drug-likeness (QED) is 0.562. The summed E-state index contributed by atoms with van der Waals surface area (Å²) in [5.41, 5.74) is 3.25. The van der Waals surface area contributed by atoms with Gasteiger partial charge in [0.25, 0.3) is 0 Å². The second-order valence-electron chi connectivity index (χ2n) is 3.03. The molecule has 6 heteroatoms. The minimum Gasteiger partial charge on any atom is -0.339 e. The lowest BCUT2D eigenvalue weighted by Crippen LogP contribution is -2.11. The smallest absolute Gasteiger partial charge is 0.239 e. The molecule has 0 saturated heterocycles. The third-order valence-corrected chi connectivity index (χ3v) is 2.19. The molecule has 1 aromatic carbocycles. The van der Waals surface area contributed by atoms with Crippen LogP contribution in [0.1, 0.15) is 0 Å². The predicted molar refractivity (Wildman–Crippen MR) is 64.6 cm³/mol. The Labute approximate surface area is 97.6 Å². The van der Waals surface area contributed by atoms with E-state index in [9.17, 15) is 0 Å². The predicted octanol–water partition coefficient (Wildman–Crippen LogP) is 2.16. The first-order valence-electron chi connectivity index (χ1n) is 4.61. The number of para-hydroxylation sites is 1. The summed E-state index contributed by atoms with van der Waals surface area (Å²) in [6.45, 7) is 0. The number of nitrogen functional groups attached to an aromatic ring is 1. The van der Waals surface area contributed by atoms with Crippen molar-refractivity contribution in [2.45, 2.75) is 0 Å². The number of anilines is 3. The Morgan fingerprint density at radius 2 is 1.94 bits per heavy atom. The Kier molecular flexibility index (Phi) is 3.19. The van der Waals surface area contributed by atoms with E-state index in [0.29, 0.717) is 16.8 Å². The van der Waals surface area contributed by atoms with E-state index in [0.717, 1.165) is 5.69 Å². The Morgan fingerprint density at radius 3 is 2.62 bits per heavy atom. The summed E-state index contributed by atoms with van der Waals surface area (Å²) in [5, 5.41) is 3.50. The van der Waals surface area contributed by atoms with Crippen molar-refractivity contribution in [2.24, 2.45) is 5.84 Å². The van der Waals surface area contributed by atoms with E-state index in [-0.39, 0.29) is 0 Å². The molecule has 0 radical (unpaired) electrons. The van der Waals surface area contributed by atoms with E-state index in [4.69, 9.17) is 17.4 Å². The van der Waals surface area contributed by atoms with Crippen LogP contribution in [0, 0.1) is 0 Å². The summed E-state index contributed by atoms with van der Waals surface area (Å²) in [6.07, 6.45) is 1.48. The first-order chi connectivity index (χ1) is 7.79. The van der Waals surface area contributed by atoms with Gasteiger partial charge in [0.15, 0.2) is 5.82 Å². The second kappa shape index (κ2) is 4.78. The summed E-state index contributed by atoms with van der Waals surface area (Å²) in [5.74, 6) is 6.03. The zero-order valence-corrected chi connectivity index (χ0v) is 9.07. The van der Waals surface area contributed by atoms with Gasteiger partial charge >= 0.3 is 0 Å². The summed E-state index contributed by atoms with van der Waals surface area (Å²) >= 11 is 5.95. The average molecular weight is 236 g/mol. The lowest BCUT2D eigenvalue weighted by Gasteiger charge is -2.07. The van der Waals surface area contributed by atoms with Gasteiger partial charge in [0.2, 0.25) is 5.95 Å². The van der Waals surface area contributed by atoms with Crippen LogP contribution in [0.25, 0.3) is 0 Å². The van der Waals surface area contributed by atoms with E-state index in [2.05, 4.69) is 20.7 Å². The molecule has 2 aromatic rings. The molecular weight excluding hydrogens is 226 g/mol. The highest BCUT2D eigenvalue weighted by Crippen LogP contribution is 2.22. The standard InChI is InChI=1S/C10H10ClN5/c11-8-6-13-10(16-12)15-9(8)14-7-4-2-1-3-5-7/h1-6H,12H2,(H2,13,14,15,16). The second-order valence-corrected chi connectivity index (χ2v) is 3.43. The fourth-order valence-electron chi connectivity index (χ4n) is 1.18. The van der Waals surface area contributed by atoms with Crippen molar-refractivity contribution in [2.75, 3.05) is 10.7 Å². The number of halogens is 1. The van der Waals surface area contributed by atoms with Crippen LogP contribution < -0.4 is 16.6 Å². The van der Waals surface area contributed by atoms with Gasteiger partial charge in [0, 0.05) is 5.69 Å². The topological polar surface area (TPSA) is 75.9 Å². The van der Waals surface area contributed by atoms with Crippen LogP contribution in [0.3, 0.4) is 0 Å². The monoisotopic (exact) mass is 235 g/mol. The molecule has 5 nitrogen and oxygen atoms in total. The lowest BCUT2D eigenvalue weighted by molar-refractivity contribution is 1.12. The molecule has 0 aliphatic rings. The van der Waals surface area contributed by atoms with Crippen LogP contribution in [0.5, 0.6) is 0 Å². The van der Waals surface area contributed by atoms with E-state index in [1.165, 1.54) is 6.20 Å². The molecule has 4 N–H and O–H groups in total. The Morgan fingerprint density at radius 1 is 1.19 bits per heavy atom. The third-order valence-electron chi connectivity index (χ3n) is 1.91. The molecule has 0 bridgehead atoms. The van der Waals surface area contributed by atoms with Crippen molar-refractivity contribution >= 4 is 29.1 Å². The van der Waals surface area contributed by atoms with E-state index in [1.54, 1.807) is 0 Å². The molecule has 0 aliphatic heterocycles. The van der Waals surface area contributed by atoms with Crippen LogP contribution in [0.2, 0.25) is 5.02 Å². The molecular formula is C10H10ClN5. The molecule has 0 atom stereocenters. The van der Waals surface area contributed by atoms with Gasteiger partial charge in [-0.2, -0.15) is 4.98 Å². The molecule has 16 heavy (non-hydrogen) atoms. The normalized spacial score (nSPS) is 9.88. The van der Waals surface area contributed by atoms with Gasteiger partial charge in [-0.15, -0.1) is 0 Å². The van der Waals surface area contributed by atoms with Gasteiger partial charge in [-0.1, -0.05) is 29.8 Å². The molecule has 1 heterocycles. The number of rotatable bonds is 3. The van der Waals surface area contributed by atoms with Crippen molar-refractivity contribution in [3.05, 3.63) is 41.6 Å². The first kappa shape index (κ1) is 10.7. The SMILES string of the molecule is NNc1ncc(Cl)c(Nc2ccccc2)n1. The van der Waals surface area contributed by atoms with Crippen LogP contribution in [-0.4, -0.2) is 9.97 Å². The number of benzene rings is 1. The first-order valence-corrected chi connectivity index (χ1v) is 4.98. The molecule has 0 unspecified atom stereocenters. The maximum absolute atomic E-state index is 5.95. The number of nitrogens with one attached hydrogen (secondary N) is 2. The molecule has 0 spiro atoms. The molecule has 0 aliphatic carbocycles. The average Bonchev–Trinajstić information content (AvgIpc) is 2.33.